The molecule has 0 radical (unpaired) electrons. The lowest BCUT2D eigenvalue weighted by atomic mass is 9.80. The predicted molar refractivity (Wildman–Crippen MR) is 119 cm³/mol. The van der Waals surface area contributed by atoms with Crippen LogP contribution in [0.1, 0.15) is 34.8 Å². The molecule has 1 unspecified atom stereocenters. The van der Waals surface area contributed by atoms with E-state index in [4.69, 9.17) is 9.97 Å². The van der Waals surface area contributed by atoms with Crippen LogP contribution in [0.2, 0.25) is 0 Å². The van der Waals surface area contributed by atoms with E-state index in [-0.39, 0.29) is 0 Å². The molecule has 0 saturated heterocycles. The molecular formula is C24H20N4S. The number of rotatable bonds is 5. The standard InChI is InChI=1S/C24H20N4S/c1-2-6-15(7-3-1)11-13-26-23-20-19-17-9-4-10-18(17)21(19)29-24(20)28-22(27-23)16-8-5-12-25-14-16/h1-3,5-9,12,14,18H,4,10-11,13H2,(H,26,27,28). The van der Waals surface area contributed by atoms with E-state index in [9.17, 15) is 0 Å². The normalized spacial score (nSPS) is 16.8. The molecule has 29 heavy (non-hydrogen) atoms. The van der Waals surface area contributed by atoms with Crippen LogP contribution in [0.15, 0.2) is 60.9 Å². The average molecular weight is 397 g/mol. The van der Waals surface area contributed by atoms with Crippen molar-refractivity contribution in [1.29, 1.82) is 0 Å². The first-order valence-electron chi connectivity index (χ1n) is 10.1. The number of hydrogen-bond donors (Lipinski definition) is 1. The van der Waals surface area contributed by atoms with Crippen molar-refractivity contribution >= 4 is 32.9 Å². The Balaban J connectivity index is 1.42. The number of nitrogens with zero attached hydrogens (tertiary/aromatic N) is 3. The smallest absolute Gasteiger partial charge is 0.164 e. The van der Waals surface area contributed by atoms with Crippen molar-refractivity contribution in [2.24, 2.45) is 0 Å². The minimum Gasteiger partial charge on any atom is -0.369 e. The second kappa shape index (κ2) is 6.78. The number of thiophene rings is 1. The van der Waals surface area contributed by atoms with Crippen molar-refractivity contribution in [3.8, 4) is 11.4 Å². The summed E-state index contributed by atoms with van der Waals surface area (Å²) in [5.41, 5.74) is 5.19. The molecule has 4 nitrogen and oxygen atoms in total. The molecule has 0 spiro atoms. The summed E-state index contributed by atoms with van der Waals surface area (Å²) in [6, 6.07) is 14.5. The van der Waals surface area contributed by atoms with Crippen LogP contribution in [0.25, 0.3) is 27.2 Å². The fourth-order valence-corrected chi connectivity index (χ4v) is 5.80. The van der Waals surface area contributed by atoms with E-state index in [1.165, 1.54) is 39.8 Å². The van der Waals surface area contributed by atoms with Gasteiger partial charge in [0.1, 0.15) is 10.6 Å². The lowest BCUT2D eigenvalue weighted by molar-refractivity contribution is 0.797. The van der Waals surface area contributed by atoms with E-state index >= 15 is 0 Å². The van der Waals surface area contributed by atoms with Gasteiger partial charge in [0.2, 0.25) is 0 Å². The molecule has 0 fully saturated rings. The summed E-state index contributed by atoms with van der Waals surface area (Å²) in [7, 11) is 0. The molecule has 5 heteroatoms. The second-order valence-electron chi connectivity index (χ2n) is 7.61. The summed E-state index contributed by atoms with van der Waals surface area (Å²) < 4.78 is 0. The molecule has 0 amide bonds. The van der Waals surface area contributed by atoms with Gasteiger partial charge in [-0.1, -0.05) is 36.4 Å². The van der Waals surface area contributed by atoms with Gasteiger partial charge in [0.15, 0.2) is 5.82 Å². The molecule has 3 aromatic heterocycles. The lowest BCUT2D eigenvalue weighted by Crippen LogP contribution is -2.11. The predicted octanol–water partition coefficient (Wildman–Crippen LogP) is 5.68. The van der Waals surface area contributed by atoms with Crippen molar-refractivity contribution in [2.45, 2.75) is 25.2 Å². The molecule has 6 rings (SSSR count). The van der Waals surface area contributed by atoms with Gasteiger partial charge in [-0.05, 0) is 42.5 Å². The van der Waals surface area contributed by atoms with E-state index < -0.39 is 0 Å². The highest BCUT2D eigenvalue weighted by Gasteiger charge is 2.39. The summed E-state index contributed by atoms with van der Waals surface area (Å²) in [6.45, 7) is 0.843. The van der Waals surface area contributed by atoms with E-state index in [0.29, 0.717) is 5.92 Å². The van der Waals surface area contributed by atoms with Crippen LogP contribution in [-0.2, 0) is 6.42 Å². The Hall–Kier alpha value is -3.05. The van der Waals surface area contributed by atoms with Crippen LogP contribution in [0.5, 0.6) is 0 Å². The topological polar surface area (TPSA) is 50.7 Å². The zero-order valence-electron chi connectivity index (χ0n) is 15.9. The summed E-state index contributed by atoms with van der Waals surface area (Å²) in [6.07, 6.45) is 9.42. The monoisotopic (exact) mass is 396 g/mol. The van der Waals surface area contributed by atoms with Gasteiger partial charge in [-0.15, -0.1) is 11.3 Å². The molecule has 0 aliphatic heterocycles. The molecule has 0 saturated carbocycles. The fraction of sp³-hybridized carbons (Fsp3) is 0.208. The minimum atomic E-state index is 0.628. The van der Waals surface area contributed by atoms with Gasteiger partial charge in [0.25, 0.3) is 0 Å². The van der Waals surface area contributed by atoms with Crippen LogP contribution in [-0.4, -0.2) is 21.5 Å². The van der Waals surface area contributed by atoms with E-state index in [2.05, 4.69) is 46.7 Å². The molecule has 142 valence electrons. The van der Waals surface area contributed by atoms with Gasteiger partial charge in [-0.3, -0.25) is 4.98 Å². The minimum absolute atomic E-state index is 0.628. The molecule has 4 aromatic rings. The van der Waals surface area contributed by atoms with Gasteiger partial charge in [-0.2, -0.15) is 0 Å². The highest BCUT2D eigenvalue weighted by molar-refractivity contribution is 7.19. The molecule has 2 aliphatic rings. The Bertz CT molecular complexity index is 1230. The maximum atomic E-state index is 4.94. The van der Waals surface area contributed by atoms with Gasteiger partial charge >= 0.3 is 0 Å². The first-order chi connectivity index (χ1) is 14.4. The number of pyridine rings is 1. The highest BCUT2D eigenvalue weighted by atomic mass is 32.1. The summed E-state index contributed by atoms with van der Waals surface area (Å²) in [5.74, 6) is 2.32. The number of anilines is 1. The van der Waals surface area contributed by atoms with Crippen LogP contribution in [0.4, 0.5) is 5.82 Å². The molecule has 3 heterocycles. The molecule has 2 aliphatic carbocycles. The maximum absolute atomic E-state index is 4.94. The first-order valence-corrected chi connectivity index (χ1v) is 10.9. The van der Waals surface area contributed by atoms with E-state index in [1.54, 1.807) is 6.20 Å². The average Bonchev–Trinajstić information content (AvgIpc) is 3.32. The fourth-order valence-electron chi connectivity index (χ4n) is 4.45. The third kappa shape index (κ3) is 2.76. The Kier molecular flexibility index (Phi) is 3.94. The second-order valence-corrected chi connectivity index (χ2v) is 8.64. The van der Waals surface area contributed by atoms with Crippen molar-refractivity contribution < 1.29 is 0 Å². The number of hydrogen-bond acceptors (Lipinski definition) is 5. The Morgan fingerprint density at radius 2 is 2.00 bits per heavy atom. The molecule has 1 atom stereocenters. The maximum Gasteiger partial charge on any atom is 0.164 e. The van der Waals surface area contributed by atoms with Crippen LogP contribution < -0.4 is 5.32 Å². The number of aromatic nitrogens is 3. The number of fused-ring (bicyclic) bond motifs is 6. The lowest BCUT2D eigenvalue weighted by Gasteiger charge is -2.26. The quantitative estimate of drug-likeness (QED) is 0.471. The highest BCUT2D eigenvalue weighted by Crippen LogP contribution is 2.59. The summed E-state index contributed by atoms with van der Waals surface area (Å²) >= 11 is 1.84. The van der Waals surface area contributed by atoms with Gasteiger partial charge in [0, 0.05) is 40.9 Å². The third-order valence-electron chi connectivity index (χ3n) is 5.85. The molecule has 1 N–H and O–H groups in total. The Morgan fingerprint density at radius 3 is 2.86 bits per heavy atom. The molecular weight excluding hydrogens is 376 g/mol. The third-order valence-corrected chi connectivity index (χ3v) is 7.05. The van der Waals surface area contributed by atoms with Gasteiger partial charge in [0.05, 0.1) is 5.39 Å². The largest absolute Gasteiger partial charge is 0.369 e. The summed E-state index contributed by atoms with van der Waals surface area (Å²) in [4.78, 5) is 16.7. The van der Waals surface area contributed by atoms with E-state index in [1.807, 2.05) is 29.7 Å². The van der Waals surface area contributed by atoms with Gasteiger partial charge < -0.3 is 5.32 Å². The van der Waals surface area contributed by atoms with Gasteiger partial charge in [-0.25, -0.2) is 9.97 Å². The van der Waals surface area contributed by atoms with Crippen LogP contribution in [0, 0.1) is 0 Å². The Morgan fingerprint density at radius 1 is 1.07 bits per heavy atom. The number of benzene rings is 1. The Labute approximate surface area is 173 Å². The zero-order chi connectivity index (χ0) is 19.2. The van der Waals surface area contributed by atoms with Crippen LogP contribution >= 0.6 is 11.3 Å². The SMILES string of the molecule is C1=C2c3c(sc4nc(-c5cccnc5)nc(NCCc5ccccc5)c34)C2CC1. The number of nitrogens with one attached hydrogen (secondary N) is 1. The molecule has 0 bridgehead atoms. The first kappa shape index (κ1) is 16.9. The number of allylic oxidation sites excluding steroid dienone is 2. The van der Waals surface area contributed by atoms with Crippen molar-refractivity contribution in [3.63, 3.8) is 0 Å². The van der Waals surface area contributed by atoms with Crippen LogP contribution in [0.3, 0.4) is 0 Å². The summed E-state index contributed by atoms with van der Waals surface area (Å²) in [5, 5.41) is 4.83. The zero-order valence-corrected chi connectivity index (χ0v) is 16.7. The van der Waals surface area contributed by atoms with Crippen molar-refractivity contribution in [1.82, 2.24) is 15.0 Å². The van der Waals surface area contributed by atoms with E-state index in [0.717, 1.165) is 35.0 Å². The van der Waals surface area contributed by atoms with Crippen molar-refractivity contribution in [2.75, 3.05) is 11.9 Å². The molecule has 1 aromatic carbocycles. The van der Waals surface area contributed by atoms with Crippen molar-refractivity contribution in [3.05, 3.63) is 76.9 Å².